The summed E-state index contributed by atoms with van der Waals surface area (Å²) in [6.45, 7) is 6.00. The highest BCUT2D eigenvalue weighted by Gasteiger charge is 2.15. The molecule has 6 heteroatoms. The van der Waals surface area contributed by atoms with Crippen LogP contribution in [0.2, 0.25) is 0 Å². The molecule has 0 aliphatic rings. The lowest BCUT2D eigenvalue weighted by molar-refractivity contribution is 0.850. The zero-order valence-electron chi connectivity index (χ0n) is 17.3. The van der Waals surface area contributed by atoms with E-state index >= 15 is 0 Å². The third-order valence-electron chi connectivity index (χ3n) is 5.52. The molecule has 0 bridgehead atoms. The van der Waals surface area contributed by atoms with Gasteiger partial charge in [-0.05, 0) is 62.2 Å². The second-order valence-corrected chi connectivity index (χ2v) is 7.72. The van der Waals surface area contributed by atoms with Crippen LogP contribution < -0.4 is 5.56 Å². The SMILES string of the molecule is C.Cc1cc(-c2cc3n(C)c(=O)c4ccc(-c5cnccc5C)cc4n3n2)cc(C)n1. The largest absolute Gasteiger partial charge is 0.296 e. The van der Waals surface area contributed by atoms with Crippen LogP contribution in [0.1, 0.15) is 24.4 Å². The van der Waals surface area contributed by atoms with Crippen molar-refractivity contribution >= 4 is 16.6 Å². The lowest BCUT2D eigenvalue weighted by Gasteiger charge is -2.09. The highest BCUT2D eigenvalue weighted by atomic mass is 16.1. The standard InChI is InChI=1S/C24H21N5O.CH4/c1-14-7-8-25-13-20(14)17-5-6-19-22(11-17)29-23(28(4)24(19)30)12-21(27-29)18-9-15(2)26-16(3)10-18;/h5-13H,1-4H3;1H4. The molecule has 6 nitrogen and oxygen atoms in total. The first-order valence-corrected chi connectivity index (χ1v) is 9.81. The van der Waals surface area contributed by atoms with Crippen LogP contribution in [0.3, 0.4) is 0 Å². The quantitative estimate of drug-likeness (QED) is 0.416. The second kappa shape index (κ2) is 7.47. The Labute approximate surface area is 180 Å². The molecule has 0 amide bonds. The highest BCUT2D eigenvalue weighted by Crippen LogP contribution is 2.27. The molecule has 0 saturated heterocycles. The molecule has 156 valence electrons. The summed E-state index contributed by atoms with van der Waals surface area (Å²) in [5, 5.41) is 5.50. The van der Waals surface area contributed by atoms with Gasteiger partial charge < -0.3 is 0 Å². The normalized spacial score (nSPS) is 11.1. The molecule has 0 fully saturated rings. The predicted molar refractivity (Wildman–Crippen MR) is 125 cm³/mol. The van der Waals surface area contributed by atoms with Crippen LogP contribution in [0.15, 0.2) is 59.7 Å². The fraction of sp³-hybridized carbons (Fsp3) is 0.200. The van der Waals surface area contributed by atoms with Crippen LogP contribution in [0, 0.1) is 20.8 Å². The van der Waals surface area contributed by atoms with Crippen molar-refractivity contribution in [1.29, 1.82) is 0 Å². The Morgan fingerprint density at radius 3 is 2.35 bits per heavy atom. The van der Waals surface area contributed by atoms with E-state index in [9.17, 15) is 4.79 Å². The third-order valence-corrected chi connectivity index (χ3v) is 5.52. The molecule has 4 aromatic heterocycles. The van der Waals surface area contributed by atoms with E-state index in [1.807, 2.05) is 67.0 Å². The Bertz CT molecular complexity index is 1490. The molecule has 0 N–H and O–H groups in total. The topological polar surface area (TPSA) is 65.1 Å². The lowest BCUT2D eigenvalue weighted by Crippen LogP contribution is -2.19. The van der Waals surface area contributed by atoms with Gasteiger partial charge in [-0.1, -0.05) is 13.5 Å². The van der Waals surface area contributed by atoms with Crippen LogP contribution in [-0.2, 0) is 7.05 Å². The van der Waals surface area contributed by atoms with Gasteiger partial charge in [-0.3, -0.25) is 19.3 Å². The fourth-order valence-corrected chi connectivity index (χ4v) is 4.02. The van der Waals surface area contributed by atoms with Gasteiger partial charge in [0, 0.05) is 48.0 Å². The summed E-state index contributed by atoms with van der Waals surface area (Å²) in [6.07, 6.45) is 3.64. The number of aromatic nitrogens is 5. The summed E-state index contributed by atoms with van der Waals surface area (Å²) in [5.41, 5.74) is 8.35. The summed E-state index contributed by atoms with van der Waals surface area (Å²) in [5.74, 6) is 0. The van der Waals surface area contributed by atoms with E-state index in [0.29, 0.717) is 5.39 Å². The number of rotatable bonds is 2. The summed E-state index contributed by atoms with van der Waals surface area (Å²) in [7, 11) is 1.78. The van der Waals surface area contributed by atoms with Crippen LogP contribution in [0.25, 0.3) is 38.9 Å². The summed E-state index contributed by atoms with van der Waals surface area (Å²) >= 11 is 0. The van der Waals surface area contributed by atoms with Gasteiger partial charge in [0.05, 0.1) is 16.6 Å². The monoisotopic (exact) mass is 411 g/mol. The van der Waals surface area contributed by atoms with Gasteiger partial charge in [-0.25, -0.2) is 4.52 Å². The summed E-state index contributed by atoms with van der Waals surface area (Å²) < 4.78 is 3.50. The first kappa shape index (κ1) is 20.5. The van der Waals surface area contributed by atoms with E-state index in [-0.39, 0.29) is 13.0 Å². The maximum atomic E-state index is 13.0. The van der Waals surface area contributed by atoms with E-state index in [1.165, 1.54) is 0 Å². The maximum Gasteiger partial charge on any atom is 0.261 e. The van der Waals surface area contributed by atoms with Gasteiger partial charge in [-0.2, -0.15) is 5.10 Å². The summed E-state index contributed by atoms with van der Waals surface area (Å²) in [6, 6.07) is 13.8. The number of nitrogens with zero attached hydrogens (tertiary/aromatic N) is 5. The molecule has 0 saturated carbocycles. The van der Waals surface area contributed by atoms with Crippen molar-refractivity contribution in [3.63, 3.8) is 0 Å². The van der Waals surface area contributed by atoms with Gasteiger partial charge in [0.15, 0.2) is 0 Å². The molecule has 1 aromatic carbocycles. The smallest absolute Gasteiger partial charge is 0.261 e. The van der Waals surface area contributed by atoms with E-state index in [1.54, 1.807) is 17.8 Å². The van der Waals surface area contributed by atoms with Crippen molar-refractivity contribution in [3.05, 3.63) is 82.2 Å². The van der Waals surface area contributed by atoms with E-state index in [4.69, 9.17) is 5.10 Å². The molecular weight excluding hydrogens is 386 g/mol. The van der Waals surface area contributed by atoms with Gasteiger partial charge in [0.2, 0.25) is 0 Å². The lowest BCUT2D eigenvalue weighted by atomic mass is 10.0. The van der Waals surface area contributed by atoms with Crippen LogP contribution in [0.5, 0.6) is 0 Å². The van der Waals surface area contributed by atoms with Crippen LogP contribution >= 0.6 is 0 Å². The van der Waals surface area contributed by atoms with E-state index < -0.39 is 0 Å². The number of hydrogen-bond donors (Lipinski definition) is 0. The van der Waals surface area contributed by atoms with Gasteiger partial charge in [0.25, 0.3) is 5.56 Å². The van der Waals surface area contributed by atoms with Gasteiger partial charge in [-0.15, -0.1) is 0 Å². The molecular formula is C25H25N5O. The molecule has 0 atom stereocenters. The van der Waals surface area contributed by atoms with E-state index in [0.717, 1.165) is 50.5 Å². The number of fused-ring (bicyclic) bond motifs is 3. The Morgan fingerprint density at radius 2 is 1.65 bits per heavy atom. The van der Waals surface area contributed by atoms with Crippen LogP contribution in [0.4, 0.5) is 0 Å². The predicted octanol–water partition coefficient (Wildman–Crippen LogP) is 4.87. The molecule has 0 unspecified atom stereocenters. The molecule has 0 spiro atoms. The highest BCUT2D eigenvalue weighted by molar-refractivity contribution is 5.86. The molecule has 31 heavy (non-hydrogen) atoms. The number of aryl methyl sites for hydroxylation is 4. The Kier molecular flexibility index (Phi) is 4.93. The molecule has 0 aliphatic carbocycles. The molecule has 4 heterocycles. The van der Waals surface area contributed by atoms with Crippen LogP contribution in [-0.4, -0.2) is 24.1 Å². The van der Waals surface area contributed by atoms with Crippen molar-refractivity contribution in [1.82, 2.24) is 24.1 Å². The number of benzene rings is 1. The minimum absolute atomic E-state index is 0. The Balaban J connectivity index is 0.00000231. The van der Waals surface area contributed by atoms with Gasteiger partial charge >= 0.3 is 0 Å². The summed E-state index contributed by atoms with van der Waals surface area (Å²) in [4.78, 5) is 21.7. The Morgan fingerprint density at radius 1 is 0.903 bits per heavy atom. The average Bonchev–Trinajstić information content (AvgIpc) is 3.17. The number of pyridine rings is 2. The molecule has 5 aromatic rings. The number of hydrogen-bond acceptors (Lipinski definition) is 4. The Hall–Kier alpha value is -3.80. The minimum atomic E-state index is -0.0412. The first-order valence-electron chi connectivity index (χ1n) is 9.81. The van der Waals surface area contributed by atoms with Crippen molar-refractivity contribution in [2.24, 2.45) is 7.05 Å². The van der Waals surface area contributed by atoms with E-state index in [2.05, 4.69) is 16.9 Å². The average molecular weight is 412 g/mol. The molecule has 0 radical (unpaired) electrons. The van der Waals surface area contributed by atoms with Crippen molar-refractivity contribution in [3.8, 4) is 22.4 Å². The third kappa shape index (κ3) is 3.30. The second-order valence-electron chi connectivity index (χ2n) is 7.72. The van der Waals surface area contributed by atoms with Crippen molar-refractivity contribution in [2.75, 3.05) is 0 Å². The zero-order valence-corrected chi connectivity index (χ0v) is 17.3. The maximum absolute atomic E-state index is 13.0. The minimum Gasteiger partial charge on any atom is -0.296 e. The van der Waals surface area contributed by atoms with Crippen molar-refractivity contribution in [2.45, 2.75) is 28.2 Å². The fourth-order valence-electron chi connectivity index (χ4n) is 4.02. The first-order chi connectivity index (χ1) is 14.4. The molecule has 0 aliphatic heterocycles. The van der Waals surface area contributed by atoms with Gasteiger partial charge in [0.1, 0.15) is 5.65 Å². The van der Waals surface area contributed by atoms with Crippen molar-refractivity contribution < 1.29 is 0 Å². The zero-order chi connectivity index (χ0) is 21.0. The molecule has 5 rings (SSSR count).